The molecule has 2 aromatic heterocycles. The van der Waals surface area contributed by atoms with Gasteiger partial charge in [-0.25, -0.2) is 4.79 Å². The van der Waals surface area contributed by atoms with E-state index in [-0.39, 0.29) is 16.6 Å². The molecule has 0 bridgehead atoms. The number of urea groups is 1. The number of amides is 3. The molecule has 0 unspecified atom stereocenters. The van der Waals surface area contributed by atoms with E-state index in [1.165, 1.54) is 10.9 Å². The van der Waals surface area contributed by atoms with Crippen molar-refractivity contribution in [2.75, 3.05) is 16.0 Å². The Bertz CT molecular complexity index is 947. The van der Waals surface area contributed by atoms with Crippen LogP contribution < -0.4 is 16.0 Å². The Morgan fingerprint density at radius 3 is 2.31 bits per heavy atom. The number of rotatable bonds is 4. The van der Waals surface area contributed by atoms with Crippen molar-refractivity contribution in [2.45, 2.75) is 6.92 Å². The fraction of sp³-hybridized carbons (Fsp3) is 0.125. The number of carbonyl (C=O) groups is 2. The Morgan fingerprint density at radius 1 is 1.12 bits per heavy atom. The predicted octanol–water partition coefficient (Wildman–Crippen LogP) is 3.27. The second kappa shape index (κ2) is 7.28. The third kappa shape index (κ3) is 4.01. The molecule has 26 heavy (non-hydrogen) atoms. The van der Waals surface area contributed by atoms with Gasteiger partial charge in [0.2, 0.25) is 0 Å². The van der Waals surface area contributed by atoms with E-state index in [9.17, 15) is 9.59 Å². The molecule has 0 spiro atoms. The van der Waals surface area contributed by atoms with E-state index in [1.807, 2.05) is 0 Å². The standard InChI is InChI=1S/C16H15ClN6O3/c1-9-7-13(22-26-9)21-16(25)20-11-5-3-10(4-6-11)19-15(24)12-8-18-23(2)14(12)17/h3-8H,1-2H3,(H,19,24)(H2,20,21,22,25). The van der Waals surface area contributed by atoms with Crippen molar-refractivity contribution in [3.8, 4) is 0 Å². The van der Waals surface area contributed by atoms with Gasteiger partial charge in [0.15, 0.2) is 5.82 Å². The Hall–Kier alpha value is -3.33. The molecule has 0 saturated heterocycles. The van der Waals surface area contributed by atoms with Gasteiger partial charge in [-0.05, 0) is 31.2 Å². The highest BCUT2D eigenvalue weighted by atomic mass is 35.5. The van der Waals surface area contributed by atoms with Crippen LogP contribution in [-0.2, 0) is 7.05 Å². The Morgan fingerprint density at radius 2 is 1.77 bits per heavy atom. The Labute approximate surface area is 153 Å². The quantitative estimate of drug-likeness (QED) is 0.648. The minimum Gasteiger partial charge on any atom is -0.360 e. The second-order valence-corrected chi connectivity index (χ2v) is 5.76. The zero-order chi connectivity index (χ0) is 18.7. The second-order valence-electron chi connectivity index (χ2n) is 5.41. The third-order valence-corrected chi connectivity index (χ3v) is 3.83. The summed E-state index contributed by atoms with van der Waals surface area (Å²) in [5.41, 5.74) is 1.37. The van der Waals surface area contributed by atoms with Crippen LogP contribution >= 0.6 is 11.6 Å². The summed E-state index contributed by atoms with van der Waals surface area (Å²) in [6.45, 7) is 1.72. The summed E-state index contributed by atoms with van der Waals surface area (Å²) in [6, 6.07) is 7.73. The van der Waals surface area contributed by atoms with Gasteiger partial charge in [-0.15, -0.1) is 0 Å². The molecular formula is C16H15ClN6O3. The summed E-state index contributed by atoms with van der Waals surface area (Å²) in [6.07, 6.45) is 1.39. The van der Waals surface area contributed by atoms with E-state index in [2.05, 4.69) is 26.2 Å². The van der Waals surface area contributed by atoms with E-state index in [1.54, 1.807) is 44.3 Å². The number of aromatic nitrogens is 3. The number of benzene rings is 1. The lowest BCUT2D eigenvalue weighted by Crippen LogP contribution is -2.19. The van der Waals surface area contributed by atoms with Gasteiger partial charge >= 0.3 is 6.03 Å². The van der Waals surface area contributed by atoms with Gasteiger partial charge in [0, 0.05) is 24.5 Å². The molecule has 0 aliphatic rings. The molecule has 134 valence electrons. The minimum atomic E-state index is -0.461. The molecule has 1 aromatic carbocycles. The van der Waals surface area contributed by atoms with Gasteiger partial charge in [-0.2, -0.15) is 5.10 Å². The number of nitrogens with zero attached hydrogens (tertiary/aromatic N) is 3. The zero-order valence-electron chi connectivity index (χ0n) is 13.9. The molecule has 0 aliphatic heterocycles. The van der Waals surface area contributed by atoms with Crippen molar-refractivity contribution in [3.05, 3.63) is 53.0 Å². The van der Waals surface area contributed by atoms with Crippen LogP contribution in [0.1, 0.15) is 16.1 Å². The first-order valence-electron chi connectivity index (χ1n) is 7.52. The molecule has 3 rings (SSSR count). The summed E-state index contributed by atoms with van der Waals surface area (Å²) in [7, 11) is 1.64. The van der Waals surface area contributed by atoms with Gasteiger partial charge in [-0.3, -0.25) is 14.8 Å². The third-order valence-electron chi connectivity index (χ3n) is 3.38. The fourth-order valence-electron chi connectivity index (χ4n) is 2.11. The lowest BCUT2D eigenvalue weighted by molar-refractivity contribution is 0.102. The summed E-state index contributed by atoms with van der Waals surface area (Å²) < 4.78 is 6.27. The number of hydrogen-bond donors (Lipinski definition) is 3. The number of carbonyl (C=O) groups excluding carboxylic acids is 2. The fourth-order valence-corrected chi connectivity index (χ4v) is 2.29. The van der Waals surface area contributed by atoms with Crippen molar-refractivity contribution < 1.29 is 14.1 Å². The summed E-state index contributed by atoms with van der Waals surface area (Å²) in [5.74, 6) is 0.536. The van der Waals surface area contributed by atoms with Crippen LogP contribution in [0.25, 0.3) is 0 Å². The van der Waals surface area contributed by atoms with Crippen LogP contribution in [-0.4, -0.2) is 26.9 Å². The molecule has 0 atom stereocenters. The average molecular weight is 375 g/mol. The van der Waals surface area contributed by atoms with E-state index in [0.29, 0.717) is 23.0 Å². The molecular weight excluding hydrogens is 360 g/mol. The summed E-state index contributed by atoms with van der Waals surface area (Å²) >= 11 is 5.99. The highest BCUT2D eigenvalue weighted by Gasteiger charge is 2.14. The maximum absolute atomic E-state index is 12.2. The number of aryl methyl sites for hydroxylation is 2. The Kier molecular flexibility index (Phi) is 4.90. The molecule has 0 aliphatic carbocycles. The molecule has 10 heteroatoms. The molecule has 0 fully saturated rings. The van der Waals surface area contributed by atoms with Crippen molar-refractivity contribution in [3.63, 3.8) is 0 Å². The molecule has 2 heterocycles. The average Bonchev–Trinajstić information content (AvgIpc) is 3.15. The largest absolute Gasteiger partial charge is 0.360 e. The zero-order valence-corrected chi connectivity index (χ0v) is 14.7. The van der Waals surface area contributed by atoms with Crippen molar-refractivity contribution in [2.24, 2.45) is 7.05 Å². The molecule has 0 radical (unpaired) electrons. The number of halogens is 1. The first-order valence-corrected chi connectivity index (χ1v) is 7.90. The van der Waals surface area contributed by atoms with Gasteiger partial charge in [-0.1, -0.05) is 16.8 Å². The highest BCUT2D eigenvalue weighted by molar-refractivity contribution is 6.33. The van der Waals surface area contributed by atoms with E-state index >= 15 is 0 Å². The SMILES string of the molecule is Cc1cc(NC(=O)Nc2ccc(NC(=O)c3cnn(C)c3Cl)cc2)no1. The molecule has 9 nitrogen and oxygen atoms in total. The van der Waals surface area contributed by atoms with Crippen LogP contribution in [0.3, 0.4) is 0 Å². The number of hydrogen-bond acceptors (Lipinski definition) is 5. The molecule has 0 saturated carbocycles. The van der Waals surface area contributed by atoms with E-state index in [4.69, 9.17) is 16.1 Å². The van der Waals surface area contributed by atoms with Crippen LogP contribution in [0.5, 0.6) is 0 Å². The lowest BCUT2D eigenvalue weighted by Gasteiger charge is -2.08. The maximum Gasteiger partial charge on any atom is 0.324 e. The normalized spacial score (nSPS) is 10.4. The first-order chi connectivity index (χ1) is 12.4. The number of anilines is 3. The van der Waals surface area contributed by atoms with Crippen LogP contribution in [0.4, 0.5) is 22.0 Å². The topological polar surface area (TPSA) is 114 Å². The first kappa shape index (κ1) is 17.5. The summed E-state index contributed by atoms with van der Waals surface area (Å²) in [5, 5.41) is 15.7. The monoisotopic (exact) mass is 374 g/mol. The molecule has 3 amide bonds. The number of nitrogens with one attached hydrogen (secondary N) is 3. The van der Waals surface area contributed by atoms with Crippen molar-refractivity contribution in [1.29, 1.82) is 0 Å². The van der Waals surface area contributed by atoms with Crippen molar-refractivity contribution >= 4 is 40.7 Å². The van der Waals surface area contributed by atoms with Crippen LogP contribution in [0.15, 0.2) is 41.1 Å². The van der Waals surface area contributed by atoms with Crippen molar-refractivity contribution in [1.82, 2.24) is 14.9 Å². The summed E-state index contributed by atoms with van der Waals surface area (Å²) in [4.78, 5) is 24.1. The van der Waals surface area contributed by atoms with Crippen LogP contribution in [0.2, 0.25) is 5.15 Å². The highest BCUT2D eigenvalue weighted by Crippen LogP contribution is 2.18. The van der Waals surface area contributed by atoms with Gasteiger partial charge in [0.1, 0.15) is 10.9 Å². The maximum atomic E-state index is 12.2. The smallest absolute Gasteiger partial charge is 0.324 e. The van der Waals surface area contributed by atoms with Gasteiger partial charge in [0.25, 0.3) is 5.91 Å². The van der Waals surface area contributed by atoms with E-state index in [0.717, 1.165) is 0 Å². The van der Waals surface area contributed by atoms with E-state index < -0.39 is 6.03 Å². The predicted molar refractivity (Wildman–Crippen MR) is 96.5 cm³/mol. The van der Waals surface area contributed by atoms with Gasteiger partial charge in [0.05, 0.1) is 11.8 Å². The molecule has 3 aromatic rings. The van der Waals surface area contributed by atoms with Crippen LogP contribution in [0, 0.1) is 6.92 Å². The lowest BCUT2D eigenvalue weighted by atomic mass is 10.2. The minimum absolute atomic E-state index is 0.251. The Balaban J connectivity index is 1.58. The van der Waals surface area contributed by atoms with Gasteiger partial charge < -0.3 is 15.2 Å². The molecule has 3 N–H and O–H groups in total.